The van der Waals surface area contributed by atoms with Crippen molar-refractivity contribution in [1.82, 2.24) is 0 Å². The molecule has 0 bridgehead atoms. The Morgan fingerprint density at radius 2 is 1.58 bits per heavy atom. The SMILES string of the molecule is Cc1ccc(C(CO)C2Sc3ccccc3S2)cc1. The first-order chi connectivity index (χ1) is 9.28. The molecule has 1 unspecified atom stereocenters. The molecule has 0 saturated carbocycles. The molecule has 3 rings (SSSR count). The Morgan fingerprint density at radius 1 is 1.00 bits per heavy atom. The van der Waals surface area contributed by atoms with Gasteiger partial charge in [-0.1, -0.05) is 42.0 Å². The third-order valence-corrected chi connectivity index (χ3v) is 6.41. The lowest BCUT2D eigenvalue weighted by Crippen LogP contribution is -2.14. The number of hydrogen-bond donors (Lipinski definition) is 1. The minimum atomic E-state index is 0.183. The summed E-state index contributed by atoms with van der Waals surface area (Å²) in [6.07, 6.45) is 0. The lowest BCUT2D eigenvalue weighted by Gasteiger charge is -2.20. The van der Waals surface area contributed by atoms with E-state index < -0.39 is 0 Å². The summed E-state index contributed by atoms with van der Waals surface area (Å²) in [6.45, 7) is 2.29. The summed E-state index contributed by atoms with van der Waals surface area (Å²) in [5.74, 6) is 0.183. The van der Waals surface area contributed by atoms with Crippen LogP contribution in [-0.2, 0) is 0 Å². The van der Waals surface area contributed by atoms with Gasteiger partial charge in [0, 0.05) is 15.7 Å². The van der Waals surface area contributed by atoms with Gasteiger partial charge in [0.15, 0.2) is 0 Å². The van der Waals surface area contributed by atoms with Crippen LogP contribution < -0.4 is 0 Å². The van der Waals surface area contributed by atoms with Crippen molar-refractivity contribution in [3.63, 3.8) is 0 Å². The number of benzene rings is 2. The number of aryl methyl sites for hydroxylation is 1. The highest BCUT2D eigenvalue weighted by Gasteiger charge is 2.30. The fraction of sp³-hybridized carbons (Fsp3) is 0.250. The van der Waals surface area contributed by atoms with Crippen molar-refractivity contribution in [1.29, 1.82) is 0 Å². The minimum Gasteiger partial charge on any atom is -0.396 e. The maximum atomic E-state index is 9.76. The standard InChI is InChI=1S/C16H16OS2/c1-11-6-8-12(9-7-11)13(10-17)16-18-14-4-2-3-5-15(14)19-16/h2-9,13,16-17H,10H2,1H3. The number of aliphatic hydroxyl groups is 1. The summed E-state index contributed by atoms with van der Waals surface area (Å²) in [6, 6.07) is 17.0. The second-order valence-corrected chi connectivity index (χ2v) is 7.42. The van der Waals surface area contributed by atoms with Gasteiger partial charge in [0.2, 0.25) is 0 Å². The van der Waals surface area contributed by atoms with Crippen LogP contribution in [-0.4, -0.2) is 16.3 Å². The molecule has 0 fully saturated rings. The van der Waals surface area contributed by atoms with Gasteiger partial charge in [-0.2, -0.15) is 0 Å². The first-order valence-corrected chi connectivity index (χ1v) is 8.13. The van der Waals surface area contributed by atoms with Crippen LogP contribution in [0.5, 0.6) is 0 Å². The van der Waals surface area contributed by atoms with E-state index in [1.165, 1.54) is 20.9 Å². The molecule has 19 heavy (non-hydrogen) atoms. The molecule has 1 N–H and O–H groups in total. The fourth-order valence-electron chi connectivity index (χ4n) is 2.25. The Labute approximate surface area is 122 Å². The average molecular weight is 288 g/mol. The van der Waals surface area contributed by atoms with Crippen molar-refractivity contribution < 1.29 is 5.11 Å². The van der Waals surface area contributed by atoms with E-state index in [-0.39, 0.29) is 12.5 Å². The van der Waals surface area contributed by atoms with E-state index >= 15 is 0 Å². The molecule has 0 amide bonds. The summed E-state index contributed by atoms with van der Waals surface area (Å²) in [7, 11) is 0. The van der Waals surface area contributed by atoms with E-state index in [9.17, 15) is 5.11 Å². The molecule has 98 valence electrons. The van der Waals surface area contributed by atoms with E-state index in [1.807, 2.05) is 23.5 Å². The van der Waals surface area contributed by atoms with Crippen LogP contribution in [0, 0.1) is 6.92 Å². The van der Waals surface area contributed by atoms with Gasteiger partial charge in [0.05, 0.1) is 11.2 Å². The summed E-state index contributed by atoms with van der Waals surface area (Å²) in [5, 5.41) is 9.76. The largest absolute Gasteiger partial charge is 0.396 e. The lowest BCUT2D eigenvalue weighted by atomic mass is 10.0. The molecule has 1 aliphatic rings. The molecule has 2 aromatic rings. The molecule has 0 spiro atoms. The van der Waals surface area contributed by atoms with Crippen LogP contribution in [0.2, 0.25) is 0 Å². The molecule has 0 saturated heterocycles. The zero-order valence-corrected chi connectivity index (χ0v) is 12.4. The minimum absolute atomic E-state index is 0.183. The van der Waals surface area contributed by atoms with Crippen molar-refractivity contribution in [3.05, 3.63) is 59.7 Å². The molecule has 0 aliphatic carbocycles. The van der Waals surface area contributed by atoms with E-state index in [1.54, 1.807) is 0 Å². The Hall–Kier alpha value is -0.900. The second kappa shape index (κ2) is 5.61. The molecule has 0 aromatic heterocycles. The normalized spacial score (nSPS) is 16.3. The molecule has 3 heteroatoms. The molecule has 1 nitrogen and oxygen atoms in total. The maximum Gasteiger partial charge on any atom is 0.0688 e. The molecule has 1 aliphatic heterocycles. The highest BCUT2D eigenvalue weighted by Crippen LogP contribution is 2.52. The zero-order chi connectivity index (χ0) is 13.2. The van der Waals surface area contributed by atoms with Gasteiger partial charge in [0.1, 0.15) is 0 Å². The molecule has 1 atom stereocenters. The zero-order valence-electron chi connectivity index (χ0n) is 10.7. The average Bonchev–Trinajstić information content (AvgIpc) is 2.85. The van der Waals surface area contributed by atoms with Crippen LogP contribution in [0.25, 0.3) is 0 Å². The Morgan fingerprint density at radius 3 is 2.11 bits per heavy atom. The predicted octanol–water partition coefficient (Wildman–Crippen LogP) is 4.30. The molecular weight excluding hydrogens is 272 g/mol. The third-order valence-electron chi connectivity index (χ3n) is 3.37. The highest BCUT2D eigenvalue weighted by atomic mass is 32.2. The quantitative estimate of drug-likeness (QED) is 0.909. The molecule has 1 heterocycles. The molecule has 2 aromatic carbocycles. The summed E-state index contributed by atoms with van der Waals surface area (Å²) in [5.41, 5.74) is 2.49. The number of aliphatic hydroxyl groups excluding tert-OH is 1. The molecular formula is C16H16OS2. The predicted molar refractivity (Wildman–Crippen MR) is 82.9 cm³/mol. The lowest BCUT2D eigenvalue weighted by molar-refractivity contribution is 0.272. The van der Waals surface area contributed by atoms with Crippen LogP contribution in [0.15, 0.2) is 58.3 Å². The first kappa shape index (κ1) is 13.1. The van der Waals surface area contributed by atoms with Gasteiger partial charge >= 0.3 is 0 Å². The fourth-order valence-corrected chi connectivity index (χ4v) is 5.35. The number of fused-ring (bicyclic) bond motifs is 1. The van der Waals surface area contributed by atoms with Gasteiger partial charge < -0.3 is 5.11 Å². The van der Waals surface area contributed by atoms with Gasteiger partial charge in [-0.15, -0.1) is 23.5 Å². The van der Waals surface area contributed by atoms with Gasteiger partial charge in [-0.05, 0) is 24.6 Å². The number of thioether (sulfide) groups is 2. The van der Waals surface area contributed by atoms with E-state index in [0.29, 0.717) is 4.58 Å². The third kappa shape index (κ3) is 2.69. The van der Waals surface area contributed by atoms with Crippen molar-refractivity contribution in [2.45, 2.75) is 27.2 Å². The van der Waals surface area contributed by atoms with E-state index in [2.05, 4.69) is 55.5 Å². The first-order valence-electron chi connectivity index (χ1n) is 6.37. The monoisotopic (exact) mass is 288 g/mol. The van der Waals surface area contributed by atoms with Crippen molar-refractivity contribution >= 4 is 23.5 Å². The van der Waals surface area contributed by atoms with Gasteiger partial charge in [-0.3, -0.25) is 0 Å². The van der Waals surface area contributed by atoms with Crippen molar-refractivity contribution in [2.75, 3.05) is 6.61 Å². The summed E-state index contributed by atoms with van der Waals surface area (Å²) < 4.78 is 0.366. The van der Waals surface area contributed by atoms with Crippen LogP contribution in [0.4, 0.5) is 0 Å². The maximum absolute atomic E-state index is 9.76. The number of rotatable bonds is 3. The van der Waals surface area contributed by atoms with Crippen LogP contribution in [0.3, 0.4) is 0 Å². The van der Waals surface area contributed by atoms with E-state index in [0.717, 1.165) is 0 Å². The van der Waals surface area contributed by atoms with E-state index in [4.69, 9.17) is 0 Å². The topological polar surface area (TPSA) is 20.2 Å². The highest BCUT2D eigenvalue weighted by molar-refractivity contribution is 8.19. The van der Waals surface area contributed by atoms with Crippen molar-refractivity contribution in [2.24, 2.45) is 0 Å². The van der Waals surface area contributed by atoms with Crippen LogP contribution >= 0.6 is 23.5 Å². The number of hydrogen-bond acceptors (Lipinski definition) is 3. The smallest absolute Gasteiger partial charge is 0.0688 e. The Balaban J connectivity index is 1.83. The van der Waals surface area contributed by atoms with Gasteiger partial charge in [0.25, 0.3) is 0 Å². The van der Waals surface area contributed by atoms with Crippen LogP contribution in [0.1, 0.15) is 17.0 Å². The Kier molecular flexibility index (Phi) is 3.87. The Bertz CT molecular complexity index is 540. The van der Waals surface area contributed by atoms with Crippen molar-refractivity contribution in [3.8, 4) is 0 Å². The summed E-state index contributed by atoms with van der Waals surface area (Å²) in [4.78, 5) is 2.67. The summed E-state index contributed by atoms with van der Waals surface area (Å²) >= 11 is 3.74. The molecule has 0 radical (unpaired) electrons. The second-order valence-electron chi connectivity index (χ2n) is 4.75. The van der Waals surface area contributed by atoms with Gasteiger partial charge in [-0.25, -0.2) is 0 Å².